The number of nitrogens with two attached hydrogens (primary N) is 1. The zero-order valence-corrected chi connectivity index (χ0v) is 29.3. The average molecular weight is 635 g/mol. The molecular weight excluding hydrogens is 623 g/mol. The van der Waals surface area contributed by atoms with Crippen LogP contribution in [0.4, 0.5) is 17.1 Å². The monoisotopic (exact) mass is 635 g/mol. The third-order valence-corrected chi connectivity index (χ3v) is 7.68. The fraction of sp³-hybridized carbons (Fsp3) is 0. The topological polar surface area (TPSA) is 263 Å². The van der Waals surface area contributed by atoms with Crippen molar-refractivity contribution in [2.75, 3.05) is 5.73 Å². The molecule has 0 saturated carbocycles. The Morgan fingerprint density at radius 1 is 0.700 bits per heavy atom. The van der Waals surface area contributed by atoms with E-state index in [0.29, 0.717) is 6.07 Å². The molecule has 4 rings (SSSR count). The summed E-state index contributed by atoms with van der Waals surface area (Å²) in [5, 5.41) is 32.2. The molecule has 14 nitrogen and oxygen atoms in total. The van der Waals surface area contributed by atoms with Gasteiger partial charge in [0.1, 0.15) is 15.0 Å². The first-order valence-corrected chi connectivity index (χ1v) is 13.9. The Morgan fingerprint density at radius 2 is 1.30 bits per heavy atom. The van der Waals surface area contributed by atoms with Crippen LogP contribution in [0.3, 0.4) is 0 Å². The maximum absolute atomic E-state index is 13.0. The molecule has 0 aliphatic rings. The van der Waals surface area contributed by atoms with Crippen LogP contribution in [0.15, 0.2) is 73.4 Å². The Kier molecular flexibility index (Phi) is 12.3. The molecule has 0 amide bonds. The largest absolute Gasteiger partial charge is 1.00 e. The Morgan fingerprint density at radius 3 is 1.85 bits per heavy atom. The normalized spacial score (nSPS) is 12.1. The number of azo groups is 1. The van der Waals surface area contributed by atoms with Crippen molar-refractivity contribution in [3.8, 4) is 11.5 Å². The SMILES string of the molecule is Nc1cc(S(=O)(=O)O)cc2cc(S(=O)(=O)O)c(N=Nc3cc4ccc(S(=O)(=O)[O-])cc4cc3[O-])c([O-])c12.[Na+].[Na+].[Na+]. The van der Waals surface area contributed by atoms with Crippen molar-refractivity contribution in [1.82, 2.24) is 0 Å². The van der Waals surface area contributed by atoms with Gasteiger partial charge in [-0.15, -0.1) is 5.11 Å². The van der Waals surface area contributed by atoms with E-state index < -0.39 is 79.0 Å². The van der Waals surface area contributed by atoms with Gasteiger partial charge in [0.15, 0.2) is 0 Å². The first kappa shape index (κ1) is 37.2. The molecule has 0 unspecified atom stereocenters. The predicted octanol–water partition coefficient (Wildman–Crippen LogP) is -7.45. The Balaban J connectivity index is 0.00000267. The zero-order valence-electron chi connectivity index (χ0n) is 20.9. The molecule has 0 bridgehead atoms. The molecule has 0 heterocycles. The van der Waals surface area contributed by atoms with Gasteiger partial charge in [0.2, 0.25) is 0 Å². The Bertz CT molecular complexity index is 2000. The van der Waals surface area contributed by atoms with Crippen molar-refractivity contribution in [3.63, 3.8) is 0 Å². The van der Waals surface area contributed by atoms with Gasteiger partial charge in [0.05, 0.1) is 21.2 Å². The van der Waals surface area contributed by atoms with Crippen LogP contribution in [0, 0.1) is 0 Å². The molecule has 0 fully saturated rings. The van der Waals surface area contributed by atoms with Crippen molar-refractivity contribution in [1.29, 1.82) is 0 Å². The average Bonchev–Trinajstić information content (AvgIpc) is 2.75. The fourth-order valence-corrected chi connectivity index (χ4v) is 5.21. The van der Waals surface area contributed by atoms with Crippen LogP contribution >= 0.6 is 0 Å². The summed E-state index contributed by atoms with van der Waals surface area (Å²) in [6.45, 7) is 0. The molecule has 40 heavy (non-hydrogen) atoms. The number of benzene rings is 4. The van der Waals surface area contributed by atoms with Crippen LogP contribution < -0.4 is 105 Å². The second-order valence-electron chi connectivity index (χ2n) is 7.60. The van der Waals surface area contributed by atoms with E-state index >= 15 is 0 Å². The predicted molar refractivity (Wildman–Crippen MR) is 123 cm³/mol. The molecule has 0 saturated heterocycles. The second kappa shape index (κ2) is 13.2. The number of nitrogen functional groups attached to an aromatic ring is 1. The van der Waals surface area contributed by atoms with Crippen LogP contribution in [-0.4, -0.2) is 38.9 Å². The number of hydrogen-bond acceptors (Lipinski definition) is 12. The minimum Gasteiger partial charge on any atom is -0.871 e. The summed E-state index contributed by atoms with van der Waals surface area (Å²) < 4.78 is 99.3. The van der Waals surface area contributed by atoms with Gasteiger partial charge in [0.25, 0.3) is 20.2 Å². The zero-order chi connectivity index (χ0) is 27.5. The molecule has 0 atom stereocenters. The van der Waals surface area contributed by atoms with E-state index in [2.05, 4.69) is 10.2 Å². The van der Waals surface area contributed by atoms with E-state index in [4.69, 9.17) is 5.73 Å². The fourth-order valence-electron chi connectivity index (χ4n) is 3.50. The van der Waals surface area contributed by atoms with Crippen LogP contribution in [0.25, 0.3) is 21.5 Å². The Hall–Kier alpha value is -0.870. The van der Waals surface area contributed by atoms with Crippen LogP contribution in [0.2, 0.25) is 0 Å². The minimum atomic E-state index is -5.15. The summed E-state index contributed by atoms with van der Waals surface area (Å²) >= 11 is 0. The molecule has 0 radical (unpaired) electrons. The quantitative estimate of drug-likeness (QED) is 0.0799. The van der Waals surface area contributed by atoms with Crippen LogP contribution in [0.1, 0.15) is 0 Å². The second-order valence-corrected chi connectivity index (χ2v) is 11.8. The summed E-state index contributed by atoms with van der Waals surface area (Å²) in [6, 6.07) is 7.45. The van der Waals surface area contributed by atoms with Gasteiger partial charge < -0.3 is 20.5 Å². The van der Waals surface area contributed by atoms with E-state index in [1.807, 2.05) is 0 Å². The van der Waals surface area contributed by atoms with Crippen molar-refractivity contribution in [2.45, 2.75) is 14.7 Å². The van der Waals surface area contributed by atoms with E-state index in [-0.39, 0.29) is 105 Å². The van der Waals surface area contributed by atoms with E-state index in [9.17, 15) is 49.1 Å². The summed E-state index contributed by atoms with van der Waals surface area (Å²) in [7, 11) is -14.7. The first-order chi connectivity index (χ1) is 17.0. The van der Waals surface area contributed by atoms with Gasteiger partial charge in [0, 0.05) is 5.69 Å². The molecular formula is C20H12N3Na3O11S3. The van der Waals surface area contributed by atoms with Gasteiger partial charge in [-0.2, -0.15) is 21.9 Å². The summed E-state index contributed by atoms with van der Waals surface area (Å²) in [5.41, 5.74) is 3.91. The Labute approximate surface area is 293 Å². The van der Waals surface area contributed by atoms with Crippen molar-refractivity contribution >= 4 is 69.0 Å². The third-order valence-electron chi connectivity index (χ3n) is 5.15. The minimum absolute atomic E-state index is 0. The van der Waals surface area contributed by atoms with E-state index in [1.165, 1.54) is 6.07 Å². The first-order valence-electron chi connectivity index (χ1n) is 9.61. The number of hydrogen-bond donors (Lipinski definition) is 3. The molecule has 4 N–H and O–H groups in total. The van der Waals surface area contributed by atoms with Gasteiger partial charge >= 0.3 is 88.7 Å². The molecule has 0 aliphatic carbocycles. The van der Waals surface area contributed by atoms with Gasteiger partial charge in [-0.25, -0.2) is 8.42 Å². The van der Waals surface area contributed by atoms with Gasteiger partial charge in [-0.1, -0.05) is 23.6 Å². The molecule has 0 aromatic heterocycles. The van der Waals surface area contributed by atoms with Crippen molar-refractivity contribution in [2.24, 2.45) is 10.2 Å². The summed E-state index contributed by atoms with van der Waals surface area (Å²) in [5.74, 6) is -2.03. The molecule has 0 aliphatic heterocycles. The standard InChI is InChI=1S/C20H15N3O11S3.3Na/c21-14-8-13(36(29,30)31)4-11-7-17(37(32,33)34)19(20(25)18(11)14)23-22-15-5-9-1-2-12(35(26,27)28)3-10(9)6-16(15)24;;;/h1-8,24-25H,21H2,(H,26,27,28)(H,29,30,31)(H,32,33,34);;;/q;3*+1/p-3. The molecule has 194 valence electrons. The molecule has 0 spiro atoms. The summed E-state index contributed by atoms with van der Waals surface area (Å²) in [4.78, 5) is -2.40. The van der Waals surface area contributed by atoms with Crippen molar-refractivity contribution in [3.05, 3.63) is 48.5 Å². The number of fused-ring (bicyclic) bond motifs is 2. The maximum Gasteiger partial charge on any atom is 1.00 e. The molecule has 20 heteroatoms. The summed E-state index contributed by atoms with van der Waals surface area (Å²) in [6.07, 6.45) is 0. The number of rotatable bonds is 5. The van der Waals surface area contributed by atoms with Crippen LogP contribution in [-0.2, 0) is 30.4 Å². The van der Waals surface area contributed by atoms with Gasteiger partial charge in [-0.05, 0) is 57.9 Å². The number of anilines is 1. The third kappa shape index (κ3) is 7.74. The van der Waals surface area contributed by atoms with Crippen LogP contribution in [0.5, 0.6) is 11.5 Å². The van der Waals surface area contributed by atoms with E-state index in [1.54, 1.807) is 0 Å². The number of nitrogens with zero attached hydrogens (tertiary/aromatic N) is 2. The molecule has 4 aromatic rings. The van der Waals surface area contributed by atoms with E-state index in [0.717, 1.165) is 36.4 Å². The van der Waals surface area contributed by atoms with Crippen molar-refractivity contribution < 1.29 is 138 Å². The van der Waals surface area contributed by atoms with Gasteiger partial charge in [-0.3, -0.25) is 9.11 Å². The maximum atomic E-state index is 13.0. The molecule has 4 aromatic carbocycles. The smallest absolute Gasteiger partial charge is 0.871 e.